The van der Waals surface area contributed by atoms with E-state index < -0.39 is 76.2 Å². The van der Waals surface area contributed by atoms with Crippen LogP contribution in [0.2, 0.25) is 0 Å². The molecule has 2 aliphatic rings. The summed E-state index contributed by atoms with van der Waals surface area (Å²) in [5.74, 6) is -5.66. The molecule has 214 valence electrons. The second kappa shape index (κ2) is 11.0. The lowest BCUT2D eigenvalue weighted by Gasteiger charge is -2.31. The highest BCUT2D eigenvalue weighted by Crippen LogP contribution is 2.54. The lowest BCUT2D eigenvalue weighted by Crippen LogP contribution is -2.36. The van der Waals surface area contributed by atoms with Crippen LogP contribution in [-0.4, -0.2) is 57.1 Å². The second-order valence-corrected chi connectivity index (χ2v) is 12.1. The molecule has 10 nitrogen and oxygen atoms in total. The first kappa shape index (κ1) is 28.9. The van der Waals surface area contributed by atoms with Gasteiger partial charge in [-0.3, -0.25) is 28.9 Å². The SMILES string of the molecule is O=C(O)CN1C(=O)C2Sc3[nH]c(=O)sc3[C@H](c3cc(Br)ccc3OCC(=O)Nc3ccccc3C(F)(F)F)C2C1=O. The Labute approximate surface area is 245 Å². The van der Waals surface area contributed by atoms with Gasteiger partial charge in [0, 0.05) is 20.8 Å². The molecule has 0 bridgehead atoms. The molecular weight excluding hydrogens is 655 g/mol. The summed E-state index contributed by atoms with van der Waals surface area (Å²) in [4.78, 5) is 66.0. The van der Waals surface area contributed by atoms with E-state index in [9.17, 15) is 42.3 Å². The molecule has 3 N–H and O–H groups in total. The van der Waals surface area contributed by atoms with Crippen molar-refractivity contribution in [2.24, 2.45) is 5.92 Å². The van der Waals surface area contributed by atoms with E-state index in [4.69, 9.17) is 4.74 Å². The van der Waals surface area contributed by atoms with Gasteiger partial charge in [-0.25, -0.2) is 0 Å². The number of anilines is 1. The number of ether oxygens (including phenoxy) is 1. The van der Waals surface area contributed by atoms with Crippen molar-refractivity contribution >= 4 is 68.4 Å². The number of nitrogens with one attached hydrogen (secondary N) is 2. The van der Waals surface area contributed by atoms with Crippen LogP contribution in [0.25, 0.3) is 0 Å². The number of hydrogen-bond donors (Lipinski definition) is 3. The Morgan fingerprint density at radius 2 is 1.85 bits per heavy atom. The van der Waals surface area contributed by atoms with E-state index in [1.54, 1.807) is 12.1 Å². The van der Waals surface area contributed by atoms with Crippen LogP contribution >= 0.6 is 39.0 Å². The van der Waals surface area contributed by atoms with Crippen LogP contribution in [0.4, 0.5) is 18.9 Å². The monoisotopic (exact) mass is 671 g/mol. The maximum atomic E-state index is 13.4. The number of halogens is 4. The van der Waals surface area contributed by atoms with Crippen LogP contribution in [0.1, 0.15) is 21.9 Å². The predicted molar refractivity (Wildman–Crippen MR) is 144 cm³/mol. The molecule has 2 unspecified atom stereocenters. The number of alkyl halides is 3. The zero-order chi connectivity index (χ0) is 29.6. The largest absolute Gasteiger partial charge is 0.483 e. The van der Waals surface area contributed by atoms with E-state index >= 15 is 0 Å². The number of H-pyrrole nitrogens is 1. The number of aliphatic carboxylic acids is 1. The lowest BCUT2D eigenvalue weighted by atomic mass is 9.82. The van der Waals surface area contributed by atoms with E-state index in [2.05, 4.69) is 26.2 Å². The van der Waals surface area contributed by atoms with Crippen molar-refractivity contribution in [2.75, 3.05) is 18.5 Å². The fraction of sp³-hybridized carbons (Fsp3) is 0.240. The van der Waals surface area contributed by atoms with Gasteiger partial charge in [0.05, 0.1) is 22.2 Å². The first-order valence-corrected chi connectivity index (χ1v) is 14.2. The molecule has 1 fully saturated rings. The number of carbonyl (C=O) groups is 4. The topological polar surface area (TPSA) is 146 Å². The highest BCUT2D eigenvalue weighted by molar-refractivity contribution is 9.10. The molecule has 1 aromatic heterocycles. The minimum Gasteiger partial charge on any atom is -0.483 e. The number of benzene rings is 2. The number of aromatic amines is 1. The van der Waals surface area contributed by atoms with Crippen molar-refractivity contribution in [3.05, 3.63) is 72.6 Å². The number of rotatable bonds is 7. The number of thioether (sulfide) groups is 1. The summed E-state index contributed by atoms with van der Waals surface area (Å²) in [7, 11) is 0. The Balaban J connectivity index is 1.48. The highest BCUT2D eigenvalue weighted by atomic mass is 79.9. The molecule has 0 radical (unpaired) electrons. The number of thiazole rings is 1. The number of amides is 3. The average Bonchev–Trinajstić information content (AvgIpc) is 3.38. The minimum atomic E-state index is -4.70. The zero-order valence-corrected chi connectivity index (χ0v) is 23.6. The zero-order valence-electron chi connectivity index (χ0n) is 20.4. The van der Waals surface area contributed by atoms with Gasteiger partial charge in [0.15, 0.2) is 6.61 Å². The van der Waals surface area contributed by atoms with E-state index in [-0.39, 0.29) is 5.75 Å². The number of carboxylic acid groups (broad SMARTS) is 1. The summed E-state index contributed by atoms with van der Waals surface area (Å²) in [6.07, 6.45) is -4.70. The van der Waals surface area contributed by atoms with Crippen molar-refractivity contribution in [2.45, 2.75) is 22.4 Å². The van der Waals surface area contributed by atoms with Gasteiger partial charge < -0.3 is 20.1 Å². The number of hydrogen-bond acceptors (Lipinski definition) is 8. The van der Waals surface area contributed by atoms with Crippen LogP contribution in [0, 0.1) is 5.92 Å². The second-order valence-electron chi connectivity index (χ2n) is 8.97. The third-order valence-electron chi connectivity index (χ3n) is 6.38. The molecule has 2 aromatic carbocycles. The smallest absolute Gasteiger partial charge is 0.418 e. The summed E-state index contributed by atoms with van der Waals surface area (Å²) in [5.41, 5.74) is -1.17. The van der Waals surface area contributed by atoms with Crippen molar-refractivity contribution in [3.8, 4) is 5.75 Å². The molecule has 1 saturated heterocycles. The van der Waals surface area contributed by atoms with E-state index in [0.717, 1.165) is 35.2 Å². The summed E-state index contributed by atoms with van der Waals surface area (Å²) in [6.45, 7) is -1.53. The number of carboxylic acids is 1. The minimum absolute atomic E-state index is 0.0758. The maximum absolute atomic E-state index is 13.4. The Morgan fingerprint density at radius 3 is 2.56 bits per heavy atom. The average molecular weight is 672 g/mol. The molecule has 0 saturated carbocycles. The van der Waals surface area contributed by atoms with Gasteiger partial charge in [-0.1, -0.05) is 51.2 Å². The van der Waals surface area contributed by atoms with Gasteiger partial charge in [0.25, 0.3) is 5.91 Å². The van der Waals surface area contributed by atoms with Crippen molar-refractivity contribution in [3.63, 3.8) is 0 Å². The molecule has 3 atom stereocenters. The van der Waals surface area contributed by atoms with Crippen LogP contribution in [0.5, 0.6) is 5.75 Å². The van der Waals surface area contributed by atoms with E-state index in [0.29, 0.717) is 24.8 Å². The highest BCUT2D eigenvalue weighted by Gasteiger charge is 2.56. The van der Waals surface area contributed by atoms with E-state index in [1.807, 2.05) is 0 Å². The number of nitrogens with zero attached hydrogens (tertiary/aromatic N) is 1. The van der Waals surface area contributed by atoms with Crippen LogP contribution in [-0.2, 0) is 25.4 Å². The lowest BCUT2D eigenvalue weighted by molar-refractivity contribution is -0.149. The Hall–Kier alpha value is -3.63. The summed E-state index contributed by atoms with van der Waals surface area (Å²) in [5, 5.41) is 10.7. The number of carbonyl (C=O) groups excluding carboxylic acids is 3. The third kappa shape index (κ3) is 5.63. The predicted octanol–water partition coefficient (Wildman–Crippen LogP) is 3.91. The van der Waals surface area contributed by atoms with Gasteiger partial charge in [0.2, 0.25) is 11.8 Å². The maximum Gasteiger partial charge on any atom is 0.418 e. The number of likely N-dealkylation sites (tertiary alicyclic amines) is 1. The van der Waals surface area contributed by atoms with Crippen LogP contribution in [0.3, 0.4) is 0 Å². The summed E-state index contributed by atoms with van der Waals surface area (Å²) < 4.78 is 46.2. The van der Waals surface area contributed by atoms with Crippen molar-refractivity contribution < 1.29 is 42.2 Å². The normalized spacial score (nSPS) is 20.0. The van der Waals surface area contributed by atoms with Gasteiger partial charge in [-0.2, -0.15) is 13.2 Å². The number of fused-ring (bicyclic) bond motifs is 2. The number of para-hydroxylation sites is 1. The van der Waals surface area contributed by atoms with Gasteiger partial charge in [-0.15, -0.1) is 0 Å². The van der Waals surface area contributed by atoms with Crippen molar-refractivity contribution in [1.82, 2.24) is 9.88 Å². The molecule has 3 aromatic rings. The molecule has 41 heavy (non-hydrogen) atoms. The number of aromatic nitrogens is 1. The fourth-order valence-corrected chi connectivity index (χ4v) is 7.67. The summed E-state index contributed by atoms with van der Waals surface area (Å²) >= 11 is 5.13. The molecule has 16 heteroatoms. The molecular formula is C25H17BrF3N3O7S2. The van der Waals surface area contributed by atoms with E-state index in [1.165, 1.54) is 18.2 Å². The quantitative estimate of drug-likeness (QED) is 0.321. The van der Waals surface area contributed by atoms with Gasteiger partial charge in [0.1, 0.15) is 17.5 Å². The molecule has 3 amide bonds. The molecule has 0 aliphatic carbocycles. The third-order valence-corrected chi connectivity index (χ3v) is 9.28. The first-order valence-electron chi connectivity index (χ1n) is 11.7. The molecule has 5 rings (SSSR count). The Morgan fingerprint density at radius 1 is 1.12 bits per heavy atom. The van der Waals surface area contributed by atoms with Gasteiger partial charge >= 0.3 is 17.0 Å². The summed E-state index contributed by atoms with van der Waals surface area (Å²) in [6, 6.07) is 9.08. The Bertz CT molecular complexity index is 1640. The van der Waals surface area contributed by atoms with Crippen LogP contribution < -0.4 is 14.9 Å². The Kier molecular flexibility index (Phi) is 7.74. The first-order chi connectivity index (χ1) is 19.3. The molecule has 2 aliphatic heterocycles. The van der Waals surface area contributed by atoms with Gasteiger partial charge in [-0.05, 0) is 30.3 Å². The van der Waals surface area contributed by atoms with Crippen LogP contribution in [0.15, 0.2) is 56.8 Å². The molecule has 3 heterocycles. The van der Waals surface area contributed by atoms with Crippen molar-refractivity contribution in [1.29, 1.82) is 0 Å². The number of imide groups is 1. The fourth-order valence-electron chi connectivity index (χ4n) is 4.76. The molecule has 0 spiro atoms. The standard InChI is InChI=1S/C25H17BrF3N3O7S2/c26-10-5-6-14(39-9-15(33)30-13-4-2-1-3-12(13)25(27,28)29)11(7-10)17-18-20(40-21-19(17)41-24(38)31-21)23(37)32(22(18)36)8-16(34)35/h1-7,17-18,20H,8-9H2,(H,30,33)(H,31,38)(H,34,35)/t17-,18?,20?/m1/s1.